The van der Waals surface area contributed by atoms with Crippen molar-refractivity contribution in [1.29, 1.82) is 0 Å². The third-order valence-electron chi connectivity index (χ3n) is 2.03. The Balaban J connectivity index is 2.39. The molecule has 2 heterocycles. The molecule has 0 radical (unpaired) electrons. The lowest BCUT2D eigenvalue weighted by molar-refractivity contribution is 0.398. The quantitative estimate of drug-likeness (QED) is 0.760. The number of rotatable bonds is 2. The second-order valence-electron chi connectivity index (χ2n) is 3.51. The molecule has 0 bridgehead atoms. The van der Waals surface area contributed by atoms with Gasteiger partial charge in [-0.15, -0.1) is 11.3 Å². The van der Waals surface area contributed by atoms with Gasteiger partial charge in [0.05, 0.1) is 21.6 Å². The van der Waals surface area contributed by atoms with E-state index in [1.807, 2.05) is 13.1 Å². The van der Waals surface area contributed by atoms with Gasteiger partial charge in [0.25, 0.3) is 0 Å². The van der Waals surface area contributed by atoms with Crippen LogP contribution in [0, 0.1) is 6.92 Å². The molecule has 0 aliphatic carbocycles. The number of aromatic nitrogens is 2. The summed E-state index contributed by atoms with van der Waals surface area (Å²) in [5.74, 6) is 1.33. The zero-order chi connectivity index (χ0) is 10.1. The summed E-state index contributed by atoms with van der Waals surface area (Å²) in [6, 6.07) is 0. The van der Waals surface area contributed by atoms with Crippen LogP contribution < -0.4 is 0 Å². The summed E-state index contributed by atoms with van der Waals surface area (Å²) in [6.07, 6.45) is 3.63. The van der Waals surface area contributed by atoms with Crippen molar-refractivity contribution in [2.75, 3.05) is 0 Å². The summed E-state index contributed by atoms with van der Waals surface area (Å²) in [5.41, 5.74) is 1.05. The molecule has 0 aromatic carbocycles. The van der Waals surface area contributed by atoms with Crippen molar-refractivity contribution >= 4 is 11.3 Å². The van der Waals surface area contributed by atoms with Crippen LogP contribution in [-0.2, 0) is 0 Å². The molecule has 0 saturated heterocycles. The van der Waals surface area contributed by atoms with Crippen LogP contribution in [0.1, 0.15) is 30.5 Å². The Morgan fingerprint density at radius 2 is 2.14 bits per heavy atom. The SMILES string of the molecule is Cc1oncc1-c1cnc(C(C)C)s1. The number of hydrogen-bond acceptors (Lipinski definition) is 4. The molecule has 0 spiro atoms. The van der Waals surface area contributed by atoms with Crippen molar-refractivity contribution in [3.8, 4) is 10.4 Å². The molecule has 2 aromatic heterocycles. The molecular weight excluding hydrogens is 196 g/mol. The van der Waals surface area contributed by atoms with E-state index >= 15 is 0 Å². The van der Waals surface area contributed by atoms with E-state index in [4.69, 9.17) is 4.52 Å². The molecular formula is C10H12N2OS. The first kappa shape index (κ1) is 9.40. The Hall–Kier alpha value is -1.16. The van der Waals surface area contributed by atoms with Crippen LogP contribution in [-0.4, -0.2) is 10.1 Å². The van der Waals surface area contributed by atoms with Crippen LogP contribution in [0.15, 0.2) is 16.9 Å². The van der Waals surface area contributed by atoms with Crippen LogP contribution in [0.3, 0.4) is 0 Å². The molecule has 2 aromatic rings. The highest BCUT2D eigenvalue weighted by atomic mass is 32.1. The molecule has 3 nitrogen and oxygen atoms in total. The first-order valence-corrected chi connectivity index (χ1v) is 5.37. The number of nitrogens with zero attached hydrogens (tertiary/aromatic N) is 2. The van der Waals surface area contributed by atoms with Gasteiger partial charge < -0.3 is 4.52 Å². The molecule has 74 valence electrons. The molecule has 0 unspecified atom stereocenters. The monoisotopic (exact) mass is 208 g/mol. The summed E-state index contributed by atoms with van der Waals surface area (Å²) in [5, 5.41) is 4.91. The largest absolute Gasteiger partial charge is 0.361 e. The van der Waals surface area contributed by atoms with Gasteiger partial charge in [0, 0.05) is 12.1 Å². The highest BCUT2D eigenvalue weighted by Crippen LogP contribution is 2.31. The minimum atomic E-state index is 0.480. The Kier molecular flexibility index (Phi) is 2.37. The molecule has 0 amide bonds. The fourth-order valence-electron chi connectivity index (χ4n) is 1.21. The zero-order valence-electron chi connectivity index (χ0n) is 8.44. The van der Waals surface area contributed by atoms with Crippen LogP contribution >= 0.6 is 11.3 Å². The topological polar surface area (TPSA) is 38.9 Å². The Morgan fingerprint density at radius 1 is 1.36 bits per heavy atom. The number of aryl methyl sites for hydroxylation is 1. The van der Waals surface area contributed by atoms with Gasteiger partial charge in [0.15, 0.2) is 0 Å². The standard InChI is InChI=1S/C10H12N2OS/c1-6(2)10-11-5-9(14-10)8-4-12-13-7(8)3/h4-6H,1-3H3. The molecule has 0 atom stereocenters. The average Bonchev–Trinajstić information content (AvgIpc) is 2.71. The van der Waals surface area contributed by atoms with Crippen molar-refractivity contribution in [2.24, 2.45) is 0 Å². The summed E-state index contributed by atoms with van der Waals surface area (Å²) in [4.78, 5) is 5.49. The third kappa shape index (κ3) is 1.57. The zero-order valence-corrected chi connectivity index (χ0v) is 9.26. The maximum absolute atomic E-state index is 5.02. The molecule has 0 aliphatic heterocycles. The summed E-state index contributed by atoms with van der Waals surface area (Å²) >= 11 is 1.70. The van der Waals surface area contributed by atoms with E-state index in [2.05, 4.69) is 24.0 Å². The van der Waals surface area contributed by atoms with Crippen LogP contribution in [0.4, 0.5) is 0 Å². The lowest BCUT2D eigenvalue weighted by atomic mass is 10.2. The molecule has 0 fully saturated rings. The summed E-state index contributed by atoms with van der Waals surface area (Å²) in [6.45, 7) is 6.20. The van der Waals surface area contributed by atoms with Crippen LogP contribution in [0.5, 0.6) is 0 Å². The van der Waals surface area contributed by atoms with Crippen LogP contribution in [0.25, 0.3) is 10.4 Å². The third-order valence-corrected chi connectivity index (χ3v) is 3.36. The number of hydrogen-bond donors (Lipinski definition) is 0. The lowest BCUT2D eigenvalue weighted by Crippen LogP contribution is -1.81. The maximum Gasteiger partial charge on any atom is 0.142 e. The normalized spacial score (nSPS) is 11.1. The fourth-order valence-corrected chi connectivity index (χ4v) is 2.19. The van der Waals surface area contributed by atoms with Crippen molar-refractivity contribution < 1.29 is 4.52 Å². The predicted octanol–water partition coefficient (Wildman–Crippen LogP) is 3.23. The highest BCUT2D eigenvalue weighted by Gasteiger charge is 2.11. The summed E-state index contributed by atoms with van der Waals surface area (Å²) < 4.78 is 5.02. The lowest BCUT2D eigenvalue weighted by Gasteiger charge is -1.95. The molecule has 0 aliphatic rings. The van der Waals surface area contributed by atoms with Gasteiger partial charge >= 0.3 is 0 Å². The van der Waals surface area contributed by atoms with Crippen molar-refractivity contribution in [2.45, 2.75) is 26.7 Å². The second kappa shape index (κ2) is 3.53. The van der Waals surface area contributed by atoms with Gasteiger partial charge in [-0.1, -0.05) is 19.0 Å². The van der Waals surface area contributed by atoms with Crippen LogP contribution in [0.2, 0.25) is 0 Å². The van der Waals surface area contributed by atoms with E-state index in [9.17, 15) is 0 Å². The van der Waals surface area contributed by atoms with E-state index in [0.29, 0.717) is 5.92 Å². The first-order chi connectivity index (χ1) is 6.68. The predicted molar refractivity (Wildman–Crippen MR) is 56.4 cm³/mol. The van der Waals surface area contributed by atoms with Gasteiger partial charge in [0.2, 0.25) is 0 Å². The van der Waals surface area contributed by atoms with Crippen molar-refractivity contribution in [1.82, 2.24) is 10.1 Å². The Labute approximate surface area is 86.8 Å². The second-order valence-corrected chi connectivity index (χ2v) is 4.58. The number of thiazole rings is 1. The van der Waals surface area contributed by atoms with Crippen molar-refractivity contribution in [3.05, 3.63) is 23.2 Å². The van der Waals surface area contributed by atoms with E-state index in [1.165, 1.54) is 0 Å². The first-order valence-electron chi connectivity index (χ1n) is 4.56. The maximum atomic E-state index is 5.02. The Bertz CT molecular complexity index is 431. The van der Waals surface area contributed by atoms with E-state index < -0.39 is 0 Å². The summed E-state index contributed by atoms with van der Waals surface area (Å²) in [7, 11) is 0. The molecule has 0 N–H and O–H groups in total. The molecule has 0 saturated carbocycles. The van der Waals surface area contributed by atoms with Gasteiger partial charge in [-0.05, 0) is 6.92 Å². The van der Waals surface area contributed by atoms with Gasteiger partial charge in [-0.3, -0.25) is 0 Å². The van der Waals surface area contributed by atoms with Crippen molar-refractivity contribution in [3.63, 3.8) is 0 Å². The van der Waals surface area contributed by atoms with E-state index in [1.54, 1.807) is 17.5 Å². The van der Waals surface area contributed by atoms with E-state index in [-0.39, 0.29) is 0 Å². The minimum absolute atomic E-state index is 0.480. The fraction of sp³-hybridized carbons (Fsp3) is 0.400. The Morgan fingerprint density at radius 3 is 2.64 bits per heavy atom. The van der Waals surface area contributed by atoms with Gasteiger partial charge in [-0.25, -0.2) is 4.98 Å². The highest BCUT2D eigenvalue weighted by molar-refractivity contribution is 7.15. The van der Waals surface area contributed by atoms with E-state index in [0.717, 1.165) is 21.2 Å². The molecule has 2 rings (SSSR count). The average molecular weight is 208 g/mol. The molecule has 14 heavy (non-hydrogen) atoms. The van der Waals surface area contributed by atoms with Gasteiger partial charge in [0.1, 0.15) is 5.76 Å². The molecule has 4 heteroatoms. The minimum Gasteiger partial charge on any atom is -0.361 e. The smallest absolute Gasteiger partial charge is 0.142 e. The van der Waals surface area contributed by atoms with Gasteiger partial charge in [-0.2, -0.15) is 0 Å².